The Morgan fingerprint density at radius 1 is 1.47 bits per heavy atom. The molecule has 0 saturated heterocycles. The van der Waals surface area contributed by atoms with E-state index in [1.165, 1.54) is 0 Å². The summed E-state index contributed by atoms with van der Waals surface area (Å²) in [5.74, 6) is 0.347. The normalized spacial score (nSPS) is 11.1. The van der Waals surface area contributed by atoms with Gasteiger partial charge in [-0.05, 0) is 6.92 Å². The van der Waals surface area contributed by atoms with Gasteiger partial charge < -0.3 is 14.3 Å². The van der Waals surface area contributed by atoms with Crippen molar-refractivity contribution in [1.29, 1.82) is 0 Å². The van der Waals surface area contributed by atoms with Gasteiger partial charge in [0.2, 0.25) is 0 Å². The molecule has 3 heterocycles. The number of aryl methyl sites for hydroxylation is 2. The molecule has 1 N–H and O–H groups in total. The monoisotopic (exact) mass is 258 g/mol. The highest BCUT2D eigenvalue weighted by Crippen LogP contribution is 2.20. The number of aromatic nitrogens is 3. The summed E-state index contributed by atoms with van der Waals surface area (Å²) in [6, 6.07) is 5.33. The first kappa shape index (κ1) is 11.6. The van der Waals surface area contributed by atoms with Crippen LogP contribution >= 0.6 is 0 Å². The number of carbonyl (C=O) groups excluding carboxylic acids is 1. The van der Waals surface area contributed by atoms with Gasteiger partial charge in [0, 0.05) is 38.0 Å². The van der Waals surface area contributed by atoms with Gasteiger partial charge in [-0.15, -0.1) is 0 Å². The molecule has 98 valence electrons. The van der Waals surface area contributed by atoms with Gasteiger partial charge in [0.05, 0.1) is 11.8 Å². The van der Waals surface area contributed by atoms with Crippen LogP contribution in [0.15, 0.2) is 35.1 Å². The number of nitrogens with one attached hydrogen (secondary N) is 1. The van der Waals surface area contributed by atoms with Gasteiger partial charge in [-0.1, -0.05) is 0 Å². The molecule has 0 bridgehead atoms. The third-order valence-electron chi connectivity index (χ3n) is 3.10. The average Bonchev–Trinajstić information content (AvgIpc) is 3.07. The van der Waals surface area contributed by atoms with Crippen LogP contribution in [0.1, 0.15) is 17.4 Å². The molecule has 6 nitrogen and oxygen atoms in total. The molecule has 1 amide bonds. The smallest absolute Gasteiger partial charge is 0.273 e. The summed E-state index contributed by atoms with van der Waals surface area (Å²) in [5, 5.41) is 6.99. The van der Waals surface area contributed by atoms with E-state index in [9.17, 15) is 4.79 Å². The first-order valence-electron chi connectivity index (χ1n) is 6.06. The van der Waals surface area contributed by atoms with Gasteiger partial charge in [0.25, 0.3) is 5.91 Å². The molecule has 0 atom stereocenters. The summed E-state index contributed by atoms with van der Waals surface area (Å²) >= 11 is 0. The average molecular weight is 258 g/mol. The highest BCUT2D eigenvalue weighted by atomic mass is 16.3. The highest BCUT2D eigenvalue weighted by Gasteiger charge is 2.15. The van der Waals surface area contributed by atoms with E-state index in [2.05, 4.69) is 10.4 Å². The summed E-state index contributed by atoms with van der Waals surface area (Å²) < 4.78 is 8.83. The molecule has 3 aromatic heterocycles. The van der Waals surface area contributed by atoms with E-state index in [4.69, 9.17) is 4.42 Å². The number of anilines is 1. The third kappa shape index (κ3) is 1.91. The second-order valence-corrected chi connectivity index (χ2v) is 4.27. The van der Waals surface area contributed by atoms with Crippen molar-refractivity contribution in [3.05, 3.63) is 36.4 Å². The molecule has 0 radical (unpaired) electrons. The number of hydrogen-bond donors (Lipinski definition) is 1. The highest BCUT2D eigenvalue weighted by molar-refractivity contribution is 6.05. The lowest BCUT2D eigenvalue weighted by Crippen LogP contribution is -2.16. The second kappa shape index (κ2) is 4.31. The quantitative estimate of drug-likeness (QED) is 0.783. The summed E-state index contributed by atoms with van der Waals surface area (Å²) in [5.41, 5.74) is 2.14. The molecule has 0 unspecified atom stereocenters. The fourth-order valence-electron chi connectivity index (χ4n) is 2.05. The van der Waals surface area contributed by atoms with E-state index in [0.29, 0.717) is 17.1 Å². The Balaban J connectivity index is 1.87. The van der Waals surface area contributed by atoms with E-state index < -0.39 is 0 Å². The van der Waals surface area contributed by atoms with Crippen molar-refractivity contribution in [1.82, 2.24) is 14.3 Å². The second-order valence-electron chi connectivity index (χ2n) is 4.27. The first-order valence-corrected chi connectivity index (χ1v) is 6.06. The predicted octanol–water partition coefficient (Wildman–Crippen LogP) is 2.24. The molecule has 0 saturated carbocycles. The Labute approximate surface area is 109 Å². The minimum Gasteiger partial charge on any atom is -0.463 e. The van der Waals surface area contributed by atoms with Crippen LogP contribution in [-0.4, -0.2) is 20.3 Å². The van der Waals surface area contributed by atoms with Crippen LogP contribution in [0, 0.1) is 0 Å². The summed E-state index contributed by atoms with van der Waals surface area (Å²) in [6.07, 6.45) is 3.43. The maximum atomic E-state index is 12.2. The van der Waals surface area contributed by atoms with Gasteiger partial charge in [0.1, 0.15) is 5.69 Å². The van der Waals surface area contributed by atoms with Crippen LogP contribution < -0.4 is 5.32 Å². The Morgan fingerprint density at radius 3 is 3.00 bits per heavy atom. The van der Waals surface area contributed by atoms with Crippen LogP contribution in [0.4, 0.5) is 5.82 Å². The molecule has 0 spiro atoms. The Bertz CT molecular complexity index is 735. The molecule has 3 rings (SSSR count). The maximum Gasteiger partial charge on any atom is 0.273 e. The number of rotatable bonds is 3. The maximum absolute atomic E-state index is 12.2. The van der Waals surface area contributed by atoms with E-state index in [1.54, 1.807) is 27.6 Å². The lowest BCUT2D eigenvalue weighted by molar-refractivity contribution is 0.101. The van der Waals surface area contributed by atoms with Crippen molar-refractivity contribution in [2.24, 2.45) is 7.05 Å². The molecule has 19 heavy (non-hydrogen) atoms. The molecule has 0 aromatic carbocycles. The van der Waals surface area contributed by atoms with Crippen LogP contribution in [-0.2, 0) is 13.6 Å². The molecular weight excluding hydrogens is 244 g/mol. The van der Waals surface area contributed by atoms with Gasteiger partial charge in [-0.3, -0.25) is 9.48 Å². The zero-order valence-corrected chi connectivity index (χ0v) is 10.8. The van der Waals surface area contributed by atoms with Gasteiger partial charge >= 0.3 is 0 Å². The SMILES string of the molecule is CCn1ccc(NC(=O)c2cc3occc3n2C)n1. The zero-order chi connectivity index (χ0) is 13.4. The predicted molar refractivity (Wildman–Crippen MR) is 71.0 cm³/mol. The van der Waals surface area contributed by atoms with Gasteiger partial charge in [-0.25, -0.2) is 0 Å². The summed E-state index contributed by atoms with van der Waals surface area (Å²) in [7, 11) is 1.83. The Kier molecular flexibility index (Phi) is 2.63. The number of nitrogens with zero attached hydrogens (tertiary/aromatic N) is 3. The van der Waals surface area contributed by atoms with Crippen molar-refractivity contribution < 1.29 is 9.21 Å². The van der Waals surface area contributed by atoms with Crippen LogP contribution in [0.5, 0.6) is 0 Å². The standard InChI is InChI=1S/C13H14N4O2/c1-3-17-6-4-12(15-17)14-13(18)10-8-11-9(16(10)2)5-7-19-11/h4-8H,3H2,1-2H3,(H,14,15,18). The van der Waals surface area contributed by atoms with Crippen molar-refractivity contribution in [3.8, 4) is 0 Å². The third-order valence-corrected chi connectivity index (χ3v) is 3.10. The Morgan fingerprint density at radius 2 is 2.32 bits per heavy atom. The van der Waals surface area contributed by atoms with Gasteiger partial charge in [-0.2, -0.15) is 5.10 Å². The zero-order valence-electron chi connectivity index (χ0n) is 10.8. The van der Waals surface area contributed by atoms with Crippen LogP contribution in [0.25, 0.3) is 11.1 Å². The van der Waals surface area contributed by atoms with Crippen molar-refractivity contribution in [3.63, 3.8) is 0 Å². The lowest BCUT2D eigenvalue weighted by atomic mass is 10.4. The summed E-state index contributed by atoms with van der Waals surface area (Å²) in [6.45, 7) is 2.76. The first-order chi connectivity index (χ1) is 9.19. The van der Waals surface area contributed by atoms with E-state index >= 15 is 0 Å². The molecule has 0 fully saturated rings. The van der Waals surface area contributed by atoms with E-state index in [-0.39, 0.29) is 5.91 Å². The largest absolute Gasteiger partial charge is 0.463 e. The minimum absolute atomic E-state index is 0.199. The van der Waals surface area contributed by atoms with Crippen molar-refractivity contribution in [2.45, 2.75) is 13.5 Å². The number of hydrogen-bond acceptors (Lipinski definition) is 3. The minimum atomic E-state index is -0.199. The molecule has 6 heteroatoms. The fourth-order valence-corrected chi connectivity index (χ4v) is 2.05. The number of amides is 1. The molecule has 0 aliphatic carbocycles. The molecule has 0 aliphatic rings. The van der Waals surface area contributed by atoms with E-state index in [0.717, 1.165) is 12.1 Å². The number of furan rings is 1. The van der Waals surface area contributed by atoms with Crippen molar-refractivity contribution >= 4 is 22.8 Å². The molecular formula is C13H14N4O2. The Hall–Kier alpha value is -2.50. The fraction of sp³-hybridized carbons (Fsp3) is 0.231. The molecule has 3 aromatic rings. The van der Waals surface area contributed by atoms with E-state index in [1.807, 2.05) is 26.2 Å². The van der Waals surface area contributed by atoms with Crippen molar-refractivity contribution in [2.75, 3.05) is 5.32 Å². The van der Waals surface area contributed by atoms with Crippen LogP contribution in [0.3, 0.4) is 0 Å². The lowest BCUT2D eigenvalue weighted by Gasteiger charge is -2.03. The van der Waals surface area contributed by atoms with Crippen LogP contribution in [0.2, 0.25) is 0 Å². The number of fused-ring (bicyclic) bond motifs is 1. The molecule has 0 aliphatic heterocycles. The van der Waals surface area contributed by atoms with Gasteiger partial charge in [0.15, 0.2) is 11.4 Å². The number of carbonyl (C=O) groups is 1. The topological polar surface area (TPSA) is 65.0 Å². The summed E-state index contributed by atoms with van der Waals surface area (Å²) in [4.78, 5) is 12.2.